The molecular formula is C11H19NO6. The minimum atomic E-state index is -1.26. The lowest BCUT2D eigenvalue weighted by atomic mass is 10.1. The molecule has 0 radical (unpaired) electrons. The molecule has 1 aliphatic rings. The Hall–Kier alpha value is -1.44. The van der Waals surface area contributed by atoms with Crippen molar-refractivity contribution in [2.45, 2.75) is 25.0 Å². The first-order valence-electron chi connectivity index (χ1n) is 5.51. The summed E-state index contributed by atoms with van der Waals surface area (Å²) in [5.74, 6) is -2.51. The molecule has 0 aromatic heterocycles. The highest BCUT2D eigenvalue weighted by Crippen LogP contribution is 2.17. The van der Waals surface area contributed by atoms with Gasteiger partial charge >= 0.3 is 11.9 Å². The van der Waals surface area contributed by atoms with E-state index in [0.29, 0.717) is 12.2 Å². The molecule has 0 aromatic carbocycles. The van der Waals surface area contributed by atoms with Crippen molar-refractivity contribution in [3.05, 3.63) is 12.2 Å². The van der Waals surface area contributed by atoms with E-state index in [0.717, 1.165) is 19.4 Å². The van der Waals surface area contributed by atoms with Crippen molar-refractivity contribution in [2.24, 2.45) is 0 Å². The van der Waals surface area contributed by atoms with E-state index in [-0.39, 0.29) is 12.6 Å². The van der Waals surface area contributed by atoms with Crippen LogP contribution in [0.2, 0.25) is 0 Å². The van der Waals surface area contributed by atoms with E-state index < -0.39 is 18.0 Å². The maximum absolute atomic E-state index is 9.55. The molecule has 0 amide bonds. The summed E-state index contributed by atoms with van der Waals surface area (Å²) in [6.45, 7) is 0.927. The Morgan fingerprint density at radius 1 is 1.33 bits per heavy atom. The van der Waals surface area contributed by atoms with Gasteiger partial charge in [-0.2, -0.15) is 0 Å². The van der Waals surface area contributed by atoms with Gasteiger partial charge in [0.05, 0.1) is 12.7 Å². The molecule has 1 heterocycles. The molecule has 0 aliphatic carbocycles. The number of aliphatic hydroxyl groups excluding tert-OH is 2. The third-order valence-corrected chi connectivity index (χ3v) is 2.58. The summed E-state index contributed by atoms with van der Waals surface area (Å²) in [6, 6.07) is 0.185. The highest BCUT2D eigenvalue weighted by molar-refractivity contribution is 5.89. The van der Waals surface area contributed by atoms with Crippen LogP contribution < -0.4 is 0 Å². The zero-order chi connectivity index (χ0) is 14.1. The van der Waals surface area contributed by atoms with E-state index in [1.54, 1.807) is 0 Å². The standard InChI is InChI=1S/C7H15NO2.C4H4O4/c1-8-4-2-3-6(8)7(10)5-9;5-3(6)1-2-4(7)8/h6-7,9-10H,2-5H2,1H3;1-2H,(H,5,6)(H,7,8)/b;2-1+/t6-,7?;/m0./s1. The number of likely N-dealkylation sites (tertiary alicyclic amines) is 1. The Balaban J connectivity index is 0.000000331. The third-order valence-electron chi connectivity index (χ3n) is 2.58. The summed E-state index contributed by atoms with van der Waals surface area (Å²) in [6.07, 6.45) is 2.72. The normalized spacial score (nSPS) is 21.4. The maximum Gasteiger partial charge on any atom is 0.328 e. The van der Waals surface area contributed by atoms with Crippen LogP contribution in [0.1, 0.15) is 12.8 Å². The van der Waals surface area contributed by atoms with Crippen LogP contribution in [-0.4, -0.2) is 69.6 Å². The Bertz CT molecular complexity index is 288. The average molecular weight is 261 g/mol. The fourth-order valence-electron chi connectivity index (χ4n) is 1.69. The van der Waals surface area contributed by atoms with Gasteiger partial charge in [-0.15, -0.1) is 0 Å². The van der Waals surface area contributed by atoms with E-state index in [1.807, 2.05) is 7.05 Å². The largest absolute Gasteiger partial charge is 0.478 e. The van der Waals surface area contributed by atoms with Crippen molar-refractivity contribution < 1.29 is 30.0 Å². The Labute approximate surface area is 105 Å². The van der Waals surface area contributed by atoms with Gasteiger partial charge in [-0.05, 0) is 26.4 Å². The molecule has 2 atom stereocenters. The Morgan fingerprint density at radius 3 is 2.11 bits per heavy atom. The van der Waals surface area contributed by atoms with Gasteiger partial charge in [0.1, 0.15) is 0 Å². The summed E-state index contributed by atoms with van der Waals surface area (Å²) in [5.41, 5.74) is 0. The molecule has 0 aromatic rings. The predicted octanol–water partition coefficient (Wildman–Crippen LogP) is -0.854. The third kappa shape index (κ3) is 7.00. The second-order valence-corrected chi connectivity index (χ2v) is 3.95. The van der Waals surface area contributed by atoms with Gasteiger partial charge in [0, 0.05) is 18.2 Å². The van der Waals surface area contributed by atoms with Gasteiger partial charge in [0.15, 0.2) is 0 Å². The van der Waals surface area contributed by atoms with E-state index >= 15 is 0 Å². The van der Waals surface area contributed by atoms with Gasteiger partial charge < -0.3 is 25.3 Å². The van der Waals surface area contributed by atoms with Crippen molar-refractivity contribution in [3.63, 3.8) is 0 Å². The number of aliphatic carboxylic acids is 2. The zero-order valence-corrected chi connectivity index (χ0v) is 10.2. The lowest BCUT2D eigenvalue weighted by molar-refractivity contribution is -0.134. The fourth-order valence-corrected chi connectivity index (χ4v) is 1.69. The quantitative estimate of drug-likeness (QED) is 0.486. The molecule has 0 bridgehead atoms. The highest BCUT2D eigenvalue weighted by atomic mass is 16.4. The van der Waals surface area contributed by atoms with Gasteiger partial charge in [0.2, 0.25) is 0 Å². The van der Waals surface area contributed by atoms with Crippen LogP contribution in [0.3, 0.4) is 0 Å². The first-order chi connectivity index (χ1) is 8.38. The first-order valence-corrected chi connectivity index (χ1v) is 5.51. The molecule has 104 valence electrons. The lowest BCUT2D eigenvalue weighted by Crippen LogP contribution is -2.38. The lowest BCUT2D eigenvalue weighted by Gasteiger charge is -2.23. The topological polar surface area (TPSA) is 118 Å². The molecule has 18 heavy (non-hydrogen) atoms. The van der Waals surface area contributed by atoms with E-state index in [4.69, 9.17) is 15.3 Å². The van der Waals surface area contributed by atoms with E-state index in [1.165, 1.54) is 0 Å². The monoisotopic (exact) mass is 261 g/mol. The molecule has 0 saturated carbocycles. The van der Waals surface area contributed by atoms with Crippen molar-refractivity contribution in [3.8, 4) is 0 Å². The number of aliphatic hydroxyl groups is 2. The number of hydrogen-bond acceptors (Lipinski definition) is 5. The molecule has 1 saturated heterocycles. The number of rotatable bonds is 4. The molecule has 7 nitrogen and oxygen atoms in total. The number of nitrogens with zero attached hydrogens (tertiary/aromatic N) is 1. The Morgan fingerprint density at radius 2 is 1.83 bits per heavy atom. The van der Waals surface area contributed by atoms with Crippen molar-refractivity contribution in [1.29, 1.82) is 0 Å². The van der Waals surface area contributed by atoms with Crippen molar-refractivity contribution in [2.75, 3.05) is 20.2 Å². The molecule has 1 unspecified atom stereocenters. The van der Waals surface area contributed by atoms with Crippen LogP contribution >= 0.6 is 0 Å². The zero-order valence-electron chi connectivity index (χ0n) is 10.2. The van der Waals surface area contributed by atoms with Gasteiger partial charge in [-0.25, -0.2) is 9.59 Å². The van der Waals surface area contributed by atoms with Crippen molar-refractivity contribution >= 4 is 11.9 Å². The van der Waals surface area contributed by atoms with E-state index in [2.05, 4.69) is 4.90 Å². The second-order valence-electron chi connectivity index (χ2n) is 3.95. The predicted molar refractivity (Wildman–Crippen MR) is 63.2 cm³/mol. The molecule has 0 spiro atoms. The second kappa shape index (κ2) is 8.62. The molecule has 1 fully saturated rings. The maximum atomic E-state index is 9.55. The number of carbonyl (C=O) groups is 2. The van der Waals surface area contributed by atoms with Crippen LogP contribution in [0, 0.1) is 0 Å². The number of carboxylic acids is 2. The van der Waals surface area contributed by atoms with Crippen LogP contribution in [0.15, 0.2) is 12.2 Å². The van der Waals surface area contributed by atoms with Crippen LogP contribution in [0.4, 0.5) is 0 Å². The number of hydrogen-bond donors (Lipinski definition) is 4. The van der Waals surface area contributed by atoms with Crippen LogP contribution in [0.25, 0.3) is 0 Å². The SMILES string of the molecule is CN1CCC[C@H]1C(O)CO.O=C(O)/C=C/C(=O)O. The van der Waals surface area contributed by atoms with Crippen LogP contribution in [-0.2, 0) is 9.59 Å². The molecule has 4 N–H and O–H groups in total. The van der Waals surface area contributed by atoms with E-state index in [9.17, 15) is 14.7 Å². The summed E-state index contributed by atoms with van der Waals surface area (Å²) >= 11 is 0. The summed E-state index contributed by atoms with van der Waals surface area (Å²) in [5, 5.41) is 33.5. The average Bonchev–Trinajstić information content (AvgIpc) is 2.72. The summed E-state index contributed by atoms with van der Waals surface area (Å²) in [4.78, 5) is 21.2. The number of likely N-dealkylation sites (N-methyl/N-ethyl adjacent to an activating group) is 1. The molecule has 1 aliphatic heterocycles. The minimum Gasteiger partial charge on any atom is -0.478 e. The van der Waals surface area contributed by atoms with Gasteiger partial charge in [-0.1, -0.05) is 0 Å². The highest BCUT2D eigenvalue weighted by Gasteiger charge is 2.26. The number of carboxylic acid groups (broad SMARTS) is 2. The fraction of sp³-hybridized carbons (Fsp3) is 0.636. The first kappa shape index (κ1) is 16.6. The Kier molecular flexibility index (Phi) is 7.93. The van der Waals surface area contributed by atoms with Crippen molar-refractivity contribution in [1.82, 2.24) is 4.90 Å². The van der Waals surface area contributed by atoms with Gasteiger partial charge in [0.25, 0.3) is 0 Å². The minimum absolute atomic E-state index is 0.116. The molecular weight excluding hydrogens is 242 g/mol. The molecule has 7 heteroatoms. The summed E-state index contributed by atoms with van der Waals surface area (Å²) < 4.78 is 0. The van der Waals surface area contributed by atoms with Crippen LogP contribution in [0.5, 0.6) is 0 Å². The summed E-state index contributed by atoms with van der Waals surface area (Å²) in [7, 11) is 1.98. The molecule has 1 rings (SSSR count). The van der Waals surface area contributed by atoms with Gasteiger partial charge in [-0.3, -0.25) is 0 Å². The smallest absolute Gasteiger partial charge is 0.328 e.